The molecule has 0 atom stereocenters. The Kier molecular flexibility index (Phi) is 4.51. The highest BCUT2D eigenvalue weighted by Gasteiger charge is 2.19. The first-order chi connectivity index (χ1) is 9.83. The Morgan fingerprint density at radius 3 is 2.48 bits per heavy atom. The number of nitrogens with two attached hydrogens (primary N) is 1. The second kappa shape index (κ2) is 6.01. The number of sulfonamides is 1. The fourth-order valence-corrected chi connectivity index (χ4v) is 3.50. The van der Waals surface area contributed by atoms with Gasteiger partial charge in [0.05, 0.1) is 23.5 Å². The maximum absolute atomic E-state index is 12.3. The van der Waals surface area contributed by atoms with Crippen LogP contribution in [0.25, 0.3) is 0 Å². The van der Waals surface area contributed by atoms with E-state index in [2.05, 4.69) is 4.72 Å². The number of benzene rings is 2. The number of methoxy groups -OCH3 is 1. The molecule has 8 heteroatoms. The van der Waals surface area contributed by atoms with Crippen molar-refractivity contribution in [3.63, 3.8) is 0 Å². The van der Waals surface area contributed by atoms with Crippen molar-refractivity contribution in [3.05, 3.63) is 46.4 Å². The number of halogens is 2. The standard InChI is InChI=1S/C13H12Cl2N2O3S/c1-20-12-5-3-9(7-11(12)16)17-21(18,19)13-6-8(14)2-4-10(13)15/h2-7,17H,16H2,1H3. The van der Waals surface area contributed by atoms with Crippen molar-refractivity contribution in [1.29, 1.82) is 0 Å². The highest BCUT2D eigenvalue weighted by atomic mass is 35.5. The van der Waals surface area contributed by atoms with E-state index in [9.17, 15) is 8.42 Å². The fraction of sp³-hybridized carbons (Fsp3) is 0.0769. The predicted molar refractivity (Wildman–Crippen MR) is 84.7 cm³/mol. The molecule has 0 spiro atoms. The molecule has 0 radical (unpaired) electrons. The van der Waals surface area contributed by atoms with Gasteiger partial charge in [0, 0.05) is 5.02 Å². The molecule has 0 aliphatic carbocycles. The summed E-state index contributed by atoms with van der Waals surface area (Å²) >= 11 is 11.7. The zero-order valence-corrected chi connectivity index (χ0v) is 13.3. The summed E-state index contributed by atoms with van der Waals surface area (Å²) < 4.78 is 32.0. The third-order valence-electron chi connectivity index (χ3n) is 2.66. The Morgan fingerprint density at radius 1 is 1.14 bits per heavy atom. The van der Waals surface area contributed by atoms with Crippen molar-refractivity contribution in [2.45, 2.75) is 4.90 Å². The second-order valence-electron chi connectivity index (χ2n) is 4.14. The molecule has 0 aromatic heterocycles. The van der Waals surface area contributed by atoms with Gasteiger partial charge < -0.3 is 10.5 Å². The van der Waals surface area contributed by atoms with Crippen LogP contribution in [0.3, 0.4) is 0 Å². The maximum Gasteiger partial charge on any atom is 0.263 e. The molecule has 0 unspecified atom stereocenters. The largest absolute Gasteiger partial charge is 0.495 e. The summed E-state index contributed by atoms with van der Waals surface area (Å²) in [6.07, 6.45) is 0. The molecular formula is C13H12Cl2N2O3S. The van der Waals surface area contributed by atoms with E-state index in [1.54, 1.807) is 6.07 Å². The third kappa shape index (κ3) is 3.53. The summed E-state index contributed by atoms with van der Waals surface area (Å²) in [5, 5.41) is 0.349. The van der Waals surface area contributed by atoms with Crippen molar-refractivity contribution < 1.29 is 13.2 Å². The minimum absolute atomic E-state index is 0.0772. The molecule has 0 aliphatic heterocycles. The van der Waals surface area contributed by atoms with Crippen LogP contribution in [0.2, 0.25) is 10.0 Å². The molecule has 0 saturated carbocycles. The molecule has 0 amide bonds. The zero-order valence-electron chi connectivity index (χ0n) is 10.9. The Morgan fingerprint density at radius 2 is 1.86 bits per heavy atom. The normalized spacial score (nSPS) is 11.2. The van der Waals surface area contributed by atoms with Gasteiger partial charge in [-0.2, -0.15) is 0 Å². The van der Waals surface area contributed by atoms with Crippen LogP contribution in [-0.2, 0) is 10.0 Å². The quantitative estimate of drug-likeness (QED) is 0.831. The number of nitrogens with one attached hydrogen (secondary N) is 1. The average Bonchev–Trinajstić information content (AvgIpc) is 2.41. The molecule has 21 heavy (non-hydrogen) atoms. The molecule has 0 fully saturated rings. The number of hydrogen-bond acceptors (Lipinski definition) is 4. The molecule has 2 aromatic rings. The van der Waals surface area contributed by atoms with Crippen LogP contribution in [0.5, 0.6) is 5.75 Å². The average molecular weight is 347 g/mol. The lowest BCUT2D eigenvalue weighted by Crippen LogP contribution is -2.13. The number of nitrogen functional groups attached to an aromatic ring is 1. The molecule has 0 saturated heterocycles. The number of ether oxygens (including phenoxy) is 1. The zero-order chi connectivity index (χ0) is 15.6. The Bertz CT molecular complexity index is 779. The number of hydrogen-bond donors (Lipinski definition) is 2. The van der Waals surface area contributed by atoms with Gasteiger partial charge in [0.15, 0.2) is 0 Å². The molecule has 2 aromatic carbocycles. The van der Waals surface area contributed by atoms with Crippen molar-refractivity contribution in [3.8, 4) is 5.75 Å². The van der Waals surface area contributed by atoms with Gasteiger partial charge in [-0.1, -0.05) is 23.2 Å². The highest BCUT2D eigenvalue weighted by Crippen LogP contribution is 2.29. The lowest BCUT2D eigenvalue weighted by Gasteiger charge is -2.11. The monoisotopic (exact) mass is 346 g/mol. The van der Waals surface area contributed by atoms with E-state index >= 15 is 0 Å². The van der Waals surface area contributed by atoms with Crippen LogP contribution < -0.4 is 15.2 Å². The van der Waals surface area contributed by atoms with E-state index in [0.29, 0.717) is 17.1 Å². The molecule has 3 N–H and O–H groups in total. The van der Waals surface area contributed by atoms with Crippen molar-refractivity contribution in [2.24, 2.45) is 0 Å². The minimum atomic E-state index is -3.87. The molecule has 112 valence electrons. The van der Waals surface area contributed by atoms with Gasteiger partial charge in [-0.25, -0.2) is 8.42 Å². The van der Waals surface area contributed by atoms with Crippen molar-refractivity contribution in [2.75, 3.05) is 17.6 Å². The Labute approximate surface area is 132 Å². The first-order valence-corrected chi connectivity index (χ1v) is 7.99. The Balaban J connectivity index is 2.37. The SMILES string of the molecule is COc1ccc(NS(=O)(=O)c2cc(Cl)ccc2Cl)cc1N. The first kappa shape index (κ1) is 15.8. The lowest BCUT2D eigenvalue weighted by molar-refractivity contribution is 0.417. The van der Waals surface area contributed by atoms with Crippen molar-refractivity contribution >= 4 is 44.6 Å². The third-order valence-corrected chi connectivity index (χ3v) is 4.76. The predicted octanol–water partition coefficient (Wildman–Crippen LogP) is 3.39. The molecule has 2 rings (SSSR count). The van der Waals surface area contributed by atoms with Crippen LogP contribution in [0.4, 0.5) is 11.4 Å². The van der Waals surface area contributed by atoms with Crippen LogP contribution in [0.15, 0.2) is 41.3 Å². The molecule has 0 bridgehead atoms. The van der Waals surface area contributed by atoms with Crippen LogP contribution in [0.1, 0.15) is 0 Å². The van der Waals surface area contributed by atoms with Crippen molar-refractivity contribution in [1.82, 2.24) is 0 Å². The molecule has 0 heterocycles. The van der Waals surface area contributed by atoms with E-state index < -0.39 is 10.0 Å². The summed E-state index contributed by atoms with van der Waals surface area (Å²) in [4.78, 5) is -0.106. The van der Waals surface area contributed by atoms with Gasteiger partial charge in [-0.15, -0.1) is 0 Å². The highest BCUT2D eigenvalue weighted by molar-refractivity contribution is 7.92. The fourth-order valence-electron chi connectivity index (χ4n) is 1.69. The molecule has 0 aliphatic rings. The lowest BCUT2D eigenvalue weighted by atomic mass is 10.2. The van der Waals surface area contributed by atoms with Crippen LogP contribution in [0, 0.1) is 0 Å². The summed E-state index contributed by atoms with van der Waals surface area (Å²) in [5.74, 6) is 0.457. The molecular weight excluding hydrogens is 335 g/mol. The topological polar surface area (TPSA) is 81.4 Å². The second-order valence-corrected chi connectivity index (χ2v) is 6.63. The summed E-state index contributed by atoms with van der Waals surface area (Å²) in [6.45, 7) is 0. The smallest absolute Gasteiger partial charge is 0.263 e. The first-order valence-electron chi connectivity index (χ1n) is 5.75. The van der Waals surface area contributed by atoms with E-state index in [1.165, 1.54) is 37.4 Å². The van der Waals surface area contributed by atoms with E-state index in [1.807, 2.05) is 0 Å². The summed E-state index contributed by atoms with van der Waals surface area (Å²) in [7, 11) is -2.39. The minimum Gasteiger partial charge on any atom is -0.495 e. The Hall–Kier alpha value is -1.63. The summed E-state index contributed by atoms with van der Waals surface area (Å²) in [5.41, 5.74) is 6.35. The summed E-state index contributed by atoms with van der Waals surface area (Å²) in [6, 6.07) is 8.75. The van der Waals surface area contributed by atoms with Gasteiger partial charge in [0.1, 0.15) is 10.6 Å². The van der Waals surface area contributed by atoms with Gasteiger partial charge in [0.25, 0.3) is 10.0 Å². The van der Waals surface area contributed by atoms with Gasteiger partial charge >= 0.3 is 0 Å². The van der Waals surface area contributed by atoms with Gasteiger partial charge in [-0.3, -0.25) is 4.72 Å². The molecule has 5 nitrogen and oxygen atoms in total. The number of rotatable bonds is 4. The number of anilines is 2. The van der Waals surface area contributed by atoms with E-state index in [-0.39, 0.29) is 14.9 Å². The maximum atomic E-state index is 12.3. The van der Waals surface area contributed by atoms with Gasteiger partial charge in [-0.05, 0) is 36.4 Å². The van der Waals surface area contributed by atoms with E-state index in [0.717, 1.165) is 0 Å². The van der Waals surface area contributed by atoms with Gasteiger partial charge in [0.2, 0.25) is 0 Å². The van der Waals surface area contributed by atoms with Crippen LogP contribution >= 0.6 is 23.2 Å². The van der Waals surface area contributed by atoms with Crippen LogP contribution in [-0.4, -0.2) is 15.5 Å². The van der Waals surface area contributed by atoms with E-state index in [4.69, 9.17) is 33.7 Å².